The molecule has 134 valence electrons. The number of phenolic OH excluding ortho intramolecular Hbond substituents is 1. The number of rotatable bonds is 4. The van der Waals surface area contributed by atoms with Crippen LogP contribution in [0.2, 0.25) is 10.0 Å². The van der Waals surface area contributed by atoms with Crippen LogP contribution >= 0.6 is 35.0 Å². The standard InChI is InChI=1S/C18H14Cl2N2O3S/c1-2-25-14-8-10(6-7-13(14)23)9-15-17(24)22-18(26-15)21-12-5-3-4-11(19)16(12)20/h3-9,23H,2H2,1H3,(H,21,22,24)/b15-9-. The molecule has 1 heterocycles. The van der Waals surface area contributed by atoms with Gasteiger partial charge in [0, 0.05) is 0 Å². The Morgan fingerprint density at radius 1 is 1.31 bits per heavy atom. The van der Waals surface area contributed by atoms with Crippen molar-refractivity contribution in [3.05, 3.63) is 56.9 Å². The zero-order chi connectivity index (χ0) is 18.7. The number of thioether (sulfide) groups is 1. The minimum Gasteiger partial charge on any atom is -0.504 e. The molecular formula is C18H14Cl2N2O3S. The third-order valence-electron chi connectivity index (χ3n) is 3.39. The third kappa shape index (κ3) is 4.15. The van der Waals surface area contributed by atoms with Crippen molar-refractivity contribution in [2.45, 2.75) is 6.92 Å². The lowest BCUT2D eigenvalue weighted by Gasteiger charge is -2.06. The molecule has 0 bridgehead atoms. The quantitative estimate of drug-likeness (QED) is 0.698. The van der Waals surface area contributed by atoms with Gasteiger partial charge in [-0.15, -0.1) is 0 Å². The molecule has 0 aliphatic carbocycles. The van der Waals surface area contributed by atoms with Crippen molar-refractivity contribution in [1.29, 1.82) is 0 Å². The molecule has 1 aliphatic heterocycles. The zero-order valence-corrected chi connectivity index (χ0v) is 16.0. The number of phenols is 1. The van der Waals surface area contributed by atoms with E-state index in [-0.39, 0.29) is 11.7 Å². The van der Waals surface area contributed by atoms with Crippen LogP contribution in [-0.4, -0.2) is 22.8 Å². The minimum absolute atomic E-state index is 0.0513. The summed E-state index contributed by atoms with van der Waals surface area (Å²) in [5, 5.41) is 13.6. The Bertz CT molecular complexity index is 929. The molecule has 1 fully saturated rings. The number of benzene rings is 2. The van der Waals surface area contributed by atoms with Gasteiger partial charge in [-0.25, -0.2) is 4.99 Å². The highest BCUT2D eigenvalue weighted by molar-refractivity contribution is 8.18. The molecule has 0 atom stereocenters. The number of hydrogen-bond acceptors (Lipinski definition) is 5. The van der Waals surface area contributed by atoms with Crippen LogP contribution in [0.5, 0.6) is 11.5 Å². The molecule has 0 unspecified atom stereocenters. The number of aliphatic imine (C=N–C) groups is 1. The lowest BCUT2D eigenvalue weighted by molar-refractivity contribution is -0.115. The van der Waals surface area contributed by atoms with Gasteiger partial charge >= 0.3 is 0 Å². The molecule has 2 aromatic rings. The zero-order valence-electron chi connectivity index (χ0n) is 13.6. The molecule has 2 N–H and O–H groups in total. The molecule has 8 heteroatoms. The fourth-order valence-corrected chi connectivity index (χ4v) is 3.38. The number of halogens is 2. The smallest absolute Gasteiger partial charge is 0.264 e. The van der Waals surface area contributed by atoms with Crippen molar-refractivity contribution in [3.63, 3.8) is 0 Å². The van der Waals surface area contributed by atoms with E-state index in [4.69, 9.17) is 27.9 Å². The summed E-state index contributed by atoms with van der Waals surface area (Å²) in [7, 11) is 0. The van der Waals surface area contributed by atoms with Gasteiger partial charge in [0.05, 0.1) is 27.2 Å². The van der Waals surface area contributed by atoms with E-state index in [1.54, 1.807) is 36.4 Å². The van der Waals surface area contributed by atoms with Gasteiger partial charge in [-0.2, -0.15) is 0 Å². The molecule has 0 spiro atoms. The monoisotopic (exact) mass is 408 g/mol. The van der Waals surface area contributed by atoms with Crippen molar-refractivity contribution in [2.24, 2.45) is 4.99 Å². The van der Waals surface area contributed by atoms with Crippen molar-refractivity contribution in [2.75, 3.05) is 6.61 Å². The molecular weight excluding hydrogens is 395 g/mol. The SMILES string of the molecule is CCOc1cc(/C=C2\SC(=Nc3cccc(Cl)c3Cl)NC2=O)ccc1O. The molecule has 0 saturated carbocycles. The van der Waals surface area contributed by atoms with E-state index in [1.807, 2.05) is 6.92 Å². The number of ether oxygens (including phenoxy) is 1. The number of amidine groups is 1. The normalized spacial score (nSPS) is 17.0. The van der Waals surface area contributed by atoms with Crippen molar-refractivity contribution < 1.29 is 14.6 Å². The van der Waals surface area contributed by atoms with Gasteiger partial charge in [0.15, 0.2) is 16.7 Å². The lowest BCUT2D eigenvalue weighted by atomic mass is 10.2. The molecule has 1 aliphatic rings. The predicted molar refractivity (Wildman–Crippen MR) is 107 cm³/mol. The fraction of sp³-hybridized carbons (Fsp3) is 0.111. The summed E-state index contributed by atoms with van der Waals surface area (Å²) in [6, 6.07) is 10.0. The van der Waals surface area contributed by atoms with E-state index in [0.29, 0.717) is 38.2 Å². The van der Waals surface area contributed by atoms with E-state index in [2.05, 4.69) is 10.3 Å². The summed E-state index contributed by atoms with van der Waals surface area (Å²) in [5.41, 5.74) is 1.21. The van der Waals surface area contributed by atoms with Crippen molar-refractivity contribution in [1.82, 2.24) is 5.32 Å². The van der Waals surface area contributed by atoms with Gasteiger partial charge < -0.3 is 15.2 Å². The molecule has 1 amide bonds. The summed E-state index contributed by atoms with van der Waals surface area (Å²) < 4.78 is 5.36. The Kier molecular flexibility index (Phi) is 5.76. The van der Waals surface area contributed by atoms with E-state index in [1.165, 1.54) is 17.8 Å². The second-order valence-electron chi connectivity index (χ2n) is 5.21. The van der Waals surface area contributed by atoms with Crippen LogP contribution in [0.15, 0.2) is 46.3 Å². The summed E-state index contributed by atoms with van der Waals surface area (Å²) in [5.74, 6) is 0.151. The largest absolute Gasteiger partial charge is 0.504 e. The maximum atomic E-state index is 12.2. The van der Waals surface area contributed by atoms with Crippen LogP contribution in [-0.2, 0) is 4.79 Å². The second kappa shape index (κ2) is 8.03. The van der Waals surface area contributed by atoms with Gasteiger partial charge in [-0.1, -0.05) is 35.3 Å². The van der Waals surface area contributed by atoms with Crippen molar-refractivity contribution in [3.8, 4) is 11.5 Å². The molecule has 1 saturated heterocycles. The van der Waals surface area contributed by atoms with Crippen LogP contribution in [0.1, 0.15) is 12.5 Å². The Balaban J connectivity index is 1.86. The first-order valence-corrected chi connectivity index (χ1v) is 9.24. The Hall–Kier alpha value is -2.15. The topological polar surface area (TPSA) is 70.9 Å². The number of nitrogens with one attached hydrogen (secondary N) is 1. The number of hydrogen-bond donors (Lipinski definition) is 2. The van der Waals surface area contributed by atoms with Crippen LogP contribution in [0.25, 0.3) is 6.08 Å². The molecule has 2 aromatic carbocycles. The first-order valence-electron chi connectivity index (χ1n) is 7.67. The van der Waals surface area contributed by atoms with E-state index < -0.39 is 0 Å². The Morgan fingerprint density at radius 3 is 2.88 bits per heavy atom. The van der Waals surface area contributed by atoms with Gasteiger partial charge in [-0.3, -0.25) is 4.79 Å². The molecule has 26 heavy (non-hydrogen) atoms. The predicted octanol–water partition coefficient (Wildman–Crippen LogP) is 4.99. The van der Waals surface area contributed by atoms with Gasteiger partial charge in [0.2, 0.25) is 0 Å². The number of aromatic hydroxyl groups is 1. The molecule has 0 radical (unpaired) electrons. The van der Waals surface area contributed by atoms with E-state index >= 15 is 0 Å². The first kappa shape index (κ1) is 18.6. The summed E-state index contributed by atoms with van der Waals surface area (Å²) in [6.45, 7) is 2.26. The van der Waals surface area contributed by atoms with Crippen molar-refractivity contribution >= 4 is 57.8 Å². The highest BCUT2D eigenvalue weighted by Crippen LogP contribution is 2.35. The number of carbonyl (C=O) groups is 1. The number of amides is 1. The summed E-state index contributed by atoms with van der Waals surface area (Å²) in [4.78, 5) is 17.0. The third-order valence-corrected chi connectivity index (χ3v) is 5.10. The second-order valence-corrected chi connectivity index (χ2v) is 7.03. The van der Waals surface area contributed by atoms with Crippen LogP contribution < -0.4 is 10.1 Å². The lowest BCUT2D eigenvalue weighted by Crippen LogP contribution is -2.19. The minimum atomic E-state index is -0.266. The summed E-state index contributed by atoms with van der Waals surface area (Å²) in [6.07, 6.45) is 1.70. The van der Waals surface area contributed by atoms with Crippen LogP contribution in [0.3, 0.4) is 0 Å². The first-order chi connectivity index (χ1) is 12.5. The Morgan fingerprint density at radius 2 is 2.12 bits per heavy atom. The van der Waals surface area contributed by atoms with Crippen LogP contribution in [0, 0.1) is 0 Å². The maximum absolute atomic E-state index is 12.2. The molecule has 0 aromatic heterocycles. The Labute approximate surface area is 164 Å². The highest BCUT2D eigenvalue weighted by atomic mass is 35.5. The van der Waals surface area contributed by atoms with E-state index in [9.17, 15) is 9.90 Å². The number of nitrogens with zero attached hydrogens (tertiary/aromatic N) is 1. The summed E-state index contributed by atoms with van der Waals surface area (Å²) >= 11 is 13.3. The van der Waals surface area contributed by atoms with E-state index in [0.717, 1.165) is 5.56 Å². The number of carbonyl (C=O) groups excluding carboxylic acids is 1. The average molecular weight is 409 g/mol. The van der Waals surface area contributed by atoms with Crippen LogP contribution in [0.4, 0.5) is 5.69 Å². The molecule has 3 rings (SSSR count). The van der Waals surface area contributed by atoms with Gasteiger partial charge in [0.1, 0.15) is 0 Å². The highest BCUT2D eigenvalue weighted by Gasteiger charge is 2.24. The average Bonchev–Trinajstić information content (AvgIpc) is 2.94. The maximum Gasteiger partial charge on any atom is 0.264 e. The van der Waals surface area contributed by atoms with Gasteiger partial charge in [0.25, 0.3) is 5.91 Å². The van der Waals surface area contributed by atoms with Gasteiger partial charge in [-0.05, 0) is 54.6 Å². The fourth-order valence-electron chi connectivity index (χ4n) is 2.21. The molecule has 5 nitrogen and oxygen atoms in total.